The van der Waals surface area contributed by atoms with Crippen molar-refractivity contribution in [3.05, 3.63) is 59.2 Å². The summed E-state index contributed by atoms with van der Waals surface area (Å²) in [5.74, 6) is 0.570. The van der Waals surface area contributed by atoms with Crippen molar-refractivity contribution in [1.82, 2.24) is 5.32 Å². The number of hydrogen-bond donors (Lipinski definition) is 1. The van der Waals surface area contributed by atoms with Crippen molar-refractivity contribution in [3.8, 4) is 5.75 Å². The molecule has 0 unspecified atom stereocenters. The van der Waals surface area contributed by atoms with Crippen LogP contribution in [-0.2, 0) is 16.8 Å². The lowest BCUT2D eigenvalue weighted by Crippen LogP contribution is -2.33. The van der Waals surface area contributed by atoms with Gasteiger partial charge in [-0.15, -0.1) is 0 Å². The Morgan fingerprint density at radius 2 is 1.96 bits per heavy atom. The Hall–Kier alpha value is -2.82. The summed E-state index contributed by atoms with van der Waals surface area (Å²) in [6, 6.07) is 12.9. The molecule has 0 aliphatic carbocycles. The molecule has 130 valence electrons. The van der Waals surface area contributed by atoms with Gasteiger partial charge < -0.3 is 15.0 Å². The number of rotatable bonds is 4. The number of anilines is 1. The summed E-state index contributed by atoms with van der Waals surface area (Å²) < 4.78 is 5.14. The third-order valence-corrected chi connectivity index (χ3v) is 4.72. The number of amides is 2. The van der Waals surface area contributed by atoms with Crippen molar-refractivity contribution in [3.63, 3.8) is 0 Å². The fourth-order valence-corrected chi connectivity index (χ4v) is 3.18. The third kappa shape index (κ3) is 2.97. The first-order valence-corrected chi connectivity index (χ1v) is 8.18. The van der Waals surface area contributed by atoms with E-state index in [0.29, 0.717) is 17.9 Å². The fourth-order valence-electron chi connectivity index (χ4n) is 3.18. The lowest BCUT2D eigenvalue weighted by molar-refractivity contribution is -0.121. The summed E-state index contributed by atoms with van der Waals surface area (Å²) in [6.45, 7) is 4.25. The second kappa shape index (κ2) is 6.24. The molecule has 0 radical (unpaired) electrons. The van der Waals surface area contributed by atoms with Gasteiger partial charge in [-0.3, -0.25) is 9.59 Å². The predicted octanol–water partition coefficient (Wildman–Crippen LogP) is 2.88. The SMILES string of the molecule is COc1cccc(C(=O)NCc2ccc3c(c2)C(C)(C)C(=O)N3C)c1. The van der Waals surface area contributed by atoms with Crippen molar-refractivity contribution in [2.75, 3.05) is 19.1 Å². The molecule has 25 heavy (non-hydrogen) atoms. The molecule has 0 saturated heterocycles. The Balaban J connectivity index is 1.76. The number of carbonyl (C=O) groups is 2. The van der Waals surface area contributed by atoms with Crippen molar-refractivity contribution < 1.29 is 14.3 Å². The van der Waals surface area contributed by atoms with Gasteiger partial charge >= 0.3 is 0 Å². The zero-order valence-electron chi connectivity index (χ0n) is 14.9. The molecule has 0 fully saturated rings. The molecule has 0 aromatic heterocycles. The van der Waals surface area contributed by atoms with Crippen LogP contribution in [0.25, 0.3) is 0 Å². The summed E-state index contributed by atoms with van der Waals surface area (Å²) >= 11 is 0. The molecule has 1 aliphatic rings. The number of likely N-dealkylation sites (N-methyl/N-ethyl adjacent to an activating group) is 1. The molecule has 3 rings (SSSR count). The fraction of sp³-hybridized carbons (Fsp3) is 0.300. The van der Waals surface area contributed by atoms with E-state index in [9.17, 15) is 9.59 Å². The summed E-state index contributed by atoms with van der Waals surface area (Å²) in [5, 5.41) is 2.91. The predicted molar refractivity (Wildman–Crippen MR) is 97.0 cm³/mol. The highest BCUT2D eigenvalue weighted by Gasteiger charge is 2.42. The van der Waals surface area contributed by atoms with Crippen LogP contribution in [0.3, 0.4) is 0 Å². The quantitative estimate of drug-likeness (QED) is 0.932. The first-order chi connectivity index (χ1) is 11.8. The topological polar surface area (TPSA) is 58.6 Å². The van der Waals surface area contributed by atoms with Gasteiger partial charge in [0.1, 0.15) is 5.75 Å². The Bertz CT molecular complexity index is 843. The lowest BCUT2D eigenvalue weighted by Gasteiger charge is -2.16. The largest absolute Gasteiger partial charge is 0.497 e. The summed E-state index contributed by atoms with van der Waals surface area (Å²) in [7, 11) is 3.36. The van der Waals surface area contributed by atoms with Gasteiger partial charge in [0.05, 0.1) is 12.5 Å². The maximum absolute atomic E-state index is 12.4. The highest BCUT2D eigenvalue weighted by atomic mass is 16.5. The summed E-state index contributed by atoms with van der Waals surface area (Å²) in [6.07, 6.45) is 0. The number of nitrogens with one attached hydrogen (secondary N) is 1. The Morgan fingerprint density at radius 3 is 2.68 bits per heavy atom. The zero-order valence-corrected chi connectivity index (χ0v) is 14.9. The first-order valence-electron chi connectivity index (χ1n) is 8.18. The van der Waals surface area contributed by atoms with E-state index in [0.717, 1.165) is 16.8 Å². The molecule has 0 atom stereocenters. The van der Waals surface area contributed by atoms with Crippen molar-refractivity contribution in [2.24, 2.45) is 0 Å². The van der Waals surface area contributed by atoms with Gasteiger partial charge in [0.2, 0.25) is 5.91 Å². The van der Waals surface area contributed by atoms with Gasteiger partial charge in [0, 0.05) is 24.8 Å². The molecule has 0 bridgehead atoms. The van der Waals surface area contributed by atoms with Crippen LogP contribution in [-0.4, -0.2) is 26.0 Å². The number of benzene rings is 2. The molecule has 1 N–H and O–H groups in total. The lowest BCUT2D eigenvalue weighted by atomic mass is 9.85. The molecule has 2 aromatic rings. The average Bonchev–Trinajstić information content (AvgIpc) is 2.80. The van der Waals surface area contributed by atoms with E-state index in [1.54, 1.807) is 43.3 Å². The maximum Gasteiger partial charge on any atom is 0.251 e. The number of hydrogen-bond acceptors (Lipinski definition) is 3. The van der Waals surface area contributed by atoms with E-state index in [4.69, 9.17) is 4.74 Å². The molecule has 0 saturated carbocycles. The second-order valence-corrected chi connectivity index (χ2v) is 6.76. The number of methoxy groups -OCH3 is 1. The minimum Gasteiger partial charge on any atom is -0.497 e. The van der Waals surface area contributed by atoms with Crippen LogP contribution in [0.2, 0.25) is 0 Å². The smallest absolute Gasteiger partial charge is 0.251 e. The van der Waals surface area contributed by atoms with E-state index in [1.807, 2.05) is 32.0 Å². The number of carbonyl (C=O) groups excluding carboxylic acids is 2. The highest BCUT2D eigenvalue weighted by Crippen LogP contribution is 2.40. The monoisotopic (exact) mass is 338 g/mol. The van der Waals surface area contributed by atoms with E-state index in [1.165, 1.54) is 0 Å². The Labute approximate surface area is 147 Å². The first kappa shape index (κ1) is 17.0. The molecule has 2 amide bonds. The van der Waals surface area contributed by atoms with Gasteiger partial charge in [0.25, 0.3) is 5.91 Å². The molecular formula is C20H22N2O3. The second-order valence-electron chi connectivity index (χ2n) is 6.76. The van der Waals surface area contributed by atoms with E-state index in [-0.39, 0.29) is 11.8 Å². The molecule has 1 heterocycles. The molecule has 1 aliphatic heterocycles. The highest BCUT2D eigenvalue weighted by molar-refractivity contribution is 6.07. The van der Waals surface area contributed by atoms with Crippen LogP contribution in [0.15, 0.2) is 42.5 Å². The average molecular weight is 338 g/mol. The van der Waals surface area contributed by atoms with Crippen molar-refractivity contribution in [2.45, 2.75) is 25.8 Å². The summed E-state index contributed by atoms with van der Waals surface area (Å²) in [5.41, 5.74) is 2.89. The van der Waals surface area contributed by atoms with Crippen LogP contribution in [0, 0.1) is 0 Å². The van der Waals surface area contributed by atoms with Gasteiger partial charge in [-0.25, -0.2) is 0 Å². The molecule has 5 nitrogen and oxygen atoms in total. The number of nitrogens with zero attached hydrogens (tertiary/aromatic N) is 1. The molecule has 5 heteroatoms. The van der Waals surface area contributed by atoms with Crippen molar-refractivity contribution >= 4 is 17.5 Å². The Morgan fingerprint density at radius 1 is 1.20 bits per heavy atom. The number of fused-ring (bicyclic) bond motifs is 1. The van der Waals surface area contributed by atoms with Crippen LogP contribution in [0.4, 0.5) is 5.69 Å². The maximum atomic E-state index is 12.4. The minimum atomic E-state index is -0.545. The molecule has 0 spiro atoms. The van der Waals surface area contributed by atoms with Gasteiger partial charge in [-0.2, -0.15) is 0 Å². The molecular weight excluding hydrogens is 316 g/mol. The minimum absolute atomic E-state index is 0.0834. The standard InChI is InChI=1S/C20H22N2O3/c1-20(2)16-10-13(8-9-17(16)22(3)19(20)24)12-21-18(23)14-6-5-7-15(11-14)25-4/h5-11H,12H2,1-4H3,(H,21,23). The van der Waals surface area contributed by atoms with Gasteiger partial charge in [-0.05, 0) is 49.2 Å². The molecule has 2 aromatic carbocycles. The Kier molecular flexibility index (Phi) is 4.25. The third-order valence-electron chi connectivity index (χ3n) is 4.72. The van der Waals surface area contributed by atoms with Crippen LogP contribution in [0.1, 0.15) is 35.3 Å². The van der Waals surface area contributed by atoms with E-state index >= 15 is 0 Å². The van der Waals surface area contributed by atoms with E-state index in [2.05, 4.69) is 5.32 Å². The van der Waals surface area contributed by atoms with E-state index < -0.39 is 5.41 Å². The number of ether oxygens (including phenoxy) is 1. The van der Waals surface area contributed by atoms with Gasteiger partial charge in [0.15, 0.2) is 0 Å². The van der Waals surface area contributed by atoms with Crippen LogP contribution >= 0.6 is 0 Å². The van der Waals surface area contributed by atoms with Crippen LogP contribution < -0.4 is 15.0 Å². The normalized spacial score (nSPS) is 15.0. The zero-order chi connectivity index (χ0) is 18.2. The van der Waals surface area contributed by atoms with Gasteiger partial charge in [-0.1, -0.05) is 18.2 Å². The van der Waals surface area contributed by atoms with Crippen molar-refractivity contribution in [1.29, 1.82) is 0 Å². The summed E-state index contributed by atoms with van der Waals surface area (Å²) in [4.78, 5) is 26.4. The van der Waals surface area contributed by atoms with Crippen LogP contribution in [0.5, 0.6) is 5.75 Å².